The van der Waals surface area contributed by atoms with Gasteiger partial charge in [0.1, 0.15) is 0 Å². The minimum atomic E-state index is -0.391. The van der Waals surface area contributed by atoms with Crippen molar-refractivity contribution >= 4 is 43.4 Å². The van der Waals surface area contributed by atoms with Gasteiger partial charge < -0.3 is 5.32 Å². The zero-order valence-corrected chi connectivity index (χ0v) is 11.2. The normalized spacial score (nSPS) is 10.2. The molecule has 0 aliphatic rings. The van der Waals surface area contributed by atoms with Crippen LogP contribution in [0.3, 0.4) is 0 Å². The smallest absolute Gasteiger partial charge is 0.166 e. The Labute approximate surface area is 109 Å². The van der Waals surface area contributed by atoms with E-state index in [1.807, 2.05) is 24.3 Å². The van der Waals surface area contributed by atoms with Crippen LogP contribution in [0.25, 0.3) is 0 Å². The summed E-state index contributed by atoms with van der Waals surface area (Å²) < 4.78 is 15.0. The Morgan fingerprint density at radius 3 is 2.38 bits per heavy atom. The lowest BCUT2D eigenvalue weighted by atomic mass is 10.3. The Bertz CT molecular complexity index is 500. The molecule has 0 radical (unpaired) electrons. The molecular weight excluding hydrogens is 339 g/mol. The molecule has 5 heteroatoms. The molecule has 0 fully saturated rings. The van der Waals surface area contributed by atoms with E-state index in [0.29, 0.717) is 4.47 Å². The van der Waals surface area contributed by atoms with E-state index in [4.69, 9.17) is 0 Å². The SMILES string of the molecule is Fc1cc(Br)cnc1Nc1ccc(Br)cc1. The fourth-order valence-corrected chi connectivity index (χ4v) is 1.74. The third-order valence-corrected chi connectivity index (χ3v) is 2.88. The third kappa shape index (κ3) is 2.80. The van der Waals surface area contributed by atoms with Gasteiger partial charge in [0, 0.05) is 20.8 Å². The van der Waals surface area contributed by atoms with Gasteiger partial charge in [-0.25, -0.2) is 9.37 Å². The van der Waals surface area contributed by atoms with Crippen LogP contribution in [0.15, 0.2) is 45.5 Å². The molecule has 0 aliphatic carbocycles. The summed E-state index contributed by atoms with van der Waals surface area (Å²) in [7, 11) is 0. The number of nitrogens with one attached hydrogen (secondary N) is 1. The fourth-order valence-electron chi connectivity index (χ4n) is 1.18. The van der Waals surface area contributed by atoms with E-state index in [2.05, 4.69) is 42.2 Å². The maximum Gasteiger partial charge on any atom is 0.166 e. The van der Waals surface area contributed by atoms with Crippen LogP contribution in [-0.4, -0.2) is 4.98 Å². The van der Waals surface area contributed by atoms with Gasteiger partial charge in [0.2, 0.25) is 0 Å². The topological polar surface area (TPSA) is 24.9 Å². The molecule has 2 nitrogen and oxygen atoms in total. The summed E-state index contributed by atoms with van der Waals surface area (Å²) in [5.41, 5.74) is 0.789. The van der Waals surface area contributed by atoms with Crippen LogP contribution in [-0.2, 0) is 0 Å². The maximum atomic E-state index is 13.5. The minimum absolute atomic E-state index is 0.213. The largest absolute Gasteiger partial charge is 0.338 e. The molecule has 0 aliphatic heterocycles. The number of anilines is 2. The van der Waals surface area contributed by atoms with E-state index in [1.54, 1.807) is 6.20 Å². The van der Waals surface area contributed by atoms with Crippen LogP contribution >= 0.6 is 31.9 Å². The number of hydrogen-bond donors (Lipinski definition) is 1. The second-order valence-corrected chi connectivity index (χ2v) is 4.95. The molecule has 2 aromatic rings. The Morgan fingerprint density at radius 1 is 1.06 bits per heavy atom. The quantitative estimate of drug-likeness (QED) is 0.867. The molecule has 0 saturated carbocycles. The van der Waals surface area contributed by atoms with Crippen molar-refractivity contribution in [1.82, 2.24) is 4.98 Å². The third-order valence-electron chi connectivity index (χ3n) is 1.91. The molecule has 1 heterocycles. The van der Waals surface area contributed by atoms with Gasteiger partial charge >= 0.3 is 0 Å². The molecule has 0 bridgehead atoms. The molecular formula is C11H7Br2FN2. The molecule has 16 heavy (non-hydrogen) atoms. The number of nitrogens with zero attached hydrogens (tertiary/aromatic N) is 1. The first-order valence-electron chi connectivity index (χ1n) is 4.49. The monoisotopic (exact) mass is 344 g/mol. The van der Waals surface area contributed by atoms with Crippen LogP contribution in [0.5, 0.6) is 0 Å². The lowest BCUT2D eigenvalue weighted by Crippen LogP contribution is -1.96. The molecule has 1 aromatic carbocycles. The minimum Gasteiger partial charge on any atom is -0.338 e. The second kappa shape index (κ2) is 4.93. The average molecular weight is 346 g/mol. The van der Waals surface area contributed by atoms with E-state index in [-0.39, 0.29) is 5.82 Å². The average Bonchev–Trinajstić information content (AvgIpc) is 2.25. The molecule has 2 rings (SSSR count). The van der Waals surface area contributed by atoms with Crippen molar-refractivity contribution in [3.63, 3.8) is 0 Å². The van der Waals surface area contributed by atoms with Crippen molar-refractivity contribution in [2.75, 3.05) is 5.32 Å². The van der Waals surface area contributed by atoms with Crippen molar-refractivity contribution in [1.29, 1.82) is 0 Å². The first-order chi connectivity index (χ1) is 7.65. The molecule has 0 unspecified atom stereocenters. The van der Waals surface area contributed by atoms with Crippen molar-refractivity contribution in [2.24, 2.45) is 0 Å². The van der Waals surface area contributed by atoms with Crippen LogP contribution in [0.2, 0.25) is 0 Å². The maximum absolute atomic E-state index is 13.5. The summed E-state index contributed by atoms with van der Waals surface area (Å²) in [5, 5.41) is 2.90. The van der Waals surface area contributed by atoms with Gasteiger partial charge in [-0.1, -0.05) is 15.9 Å². The lowest BCUT2D eigenvalue weighted by Gasteiger charge is -2.06. The Balaban J connectivity index is 2.23. The fraction of sp³-hybridized carbons (Fsp3) is 0. The van der Waals surface area contributed by atoms with E-state index >= 15 is 0 Å². The highest BCUT2D eigenvalue weighted by molar-refractivity contribution is 9.10. The zero-order valence-electron chi connectivity index (χ0n) is 8.05. The highest BCUT2D eigenvalue weighted by Crippen LogP contribution is 2.21. The zero-order chi connectivity index (χ0) is 11.5. The summed E-state index contributed by atoms with van der Waals surface area (Å²) in [6.07, 6.45) is 1.55. The molecule has 82 valence electrons. The van der Waals surface area contributed by atoms with Crippen molar-refractivity contribution in [3.8, 4) is 0 Å². The van der Waals surface area contributed by atoms with E-state index < -0.39 is 5.82 Å². The molecule has 1 N–H and O–H groups in total. The van der Waals surface area contributed by atoms with E-state index in [1.165, 1.54) is 6.07 Å². The Kier molecular flexibility index (Phi) is 3.56. The molecule has 0 amide bonds. The number of pyridine rings is 1. The van der Waals surface area contributed by atoms with Crippen molar-refractivity contribution < 1.29 is 4.39 Å². The van der Waals surface area contributed by atoms with Gasteiger partial charge in [-0.3, -0.25) is 0 Å². The van der Waals surface area contributed by atoms with Gasteiger partial charge in [-0.15, -0.1) is 0 Å². The Morgan fingerprint density at radius 2 is 1.75 bits per heavy atom. The van der Waals surface area contributed by atoms with Gasteiger partial charge in [-0.05, 0) is 46.3 Å². The number of aromatic nitrogens is 1. The summed E-state index contributed by atoms with van der Waals surface area (Å²) >= 11 is 6.49. The summed E-state index contributed by atoms with van der Waals surface area (Å²) in [6, 6.07) is 8.80. The summed E-state index contributed by atoms with van der Waals surface area (Å²) in [6.45, 7) is 0. The lowest BCUT2D eigenvalue weighted by molar-refractivity contribution is 0.625. The summed E-state index contributed by atoms with van der Waals surface area (Å²) in [4.78, 5) is 3.95. The van der Waals surface area contributed by atoms with Gasteiger partial charge in [-0.2, -0.15) is 0 Å². The number of benzene rings is 1. The highest BCUT2D eigenvalue weighted by Gasteiger charge is 2.04. The second-order valence-electron chi connectivity index (χ2n) is 3.12. The number of rotatable bonds is 2. The van der Waals surface area contributed by atoms with Gasteiger partial charge in [0.25, 0.3) is 0 Å². The summed E-state index contributed by atoms with van der Waals surface area (Å²) in [5.74, 6) is -0.178. The number of halogens is 3. The molecule has 0 spiro atoms. The van der Waals surface area contributed by atoms with E-state index in [9.17, 15) is 4.39 Å². The van der Waals surface area contributed by atoms with Crippen LogP contribution in [0.4, 0.5) is 15.9 Å². The highest BCUT2D eigenvalue weighted by atomic mass is 79.9. The number of hydrogen-bond acceptors (Lipinski definition) is 2. The van der Waals surface area contributed by atoms with Crippen LogP contribution in [0.1, 0.15) is 0 Å². The predicted octanol–water partition coefficient (Wildman–Crippen LogP) is 4.49. The van der Waals surface area contributed by atoms with Crippen molar-refractivity contribution in [2.45, 2.75) is 0 Å². The first-order valence-corrected chi connectivity index (χ1v) is 6.07. The predicted molar refractivity (Wildman–Crippen MR) is 69.3 cm³/mol. The van der Waals surface area contributed by atoms with Gasteiger partial charge in [0.05, 0.1) is 0 Å². The Hall–Kier alpha value is -0.940. The first kappa shape index (κ1) is 11.5. The van der Waals surface area contributed by atoms with Gasteiger partial charge in [0.15, 0.2) is 11.6 Å². The van der Waals surface area contributed by atoms with Crippen LogP contribution < -0.4 is 5.32 Å². The molecule has 0 atom stereocenters. The standard InChI is InChI=1S/C11H7Br2FN2/c12-7-1-3-9(4-2-7)16-11-10(14)5-8(13)6-15-11/h1-6H,(H,15,16). The van der Waals surface area contributed by atoms with Crippen LogP contribution in [0, 0.1) is 5.82 Å². The molecule has 0 saturated heterocycles. The van der Waals surface area contributed by atoms with Crippen molar-refractivity contribution in [3.05, 3.63) is 51.3 Å². The molecule has 1 aromatic heterocycles. The van der Waals surface area contributed by atoms with E-state index in [0.717, 1.165) is 10.2 Å².